The Morgan fingerprint density at radius 1 is 1.16 bits per heavy atom. The van der Waals surface area contributed by atoms with Crippen LogP contribution in [-0.2, 0) is 19.1 Å². The molecule has 1 aliphatic heterocycles. The quantitative estimate of drug-likeness (QED) is 0.529. The first kappa shape index (κ1) is 22.1. The third-order valence-electron chi connectivity index (χ3n) is 5.99. The summed E-state index contributed by atoms with van der Waals surface area (Å²) in [4.78, 5) is 40.3. The molecule has 2 aliphatic rings. The standard InChI is InChI=1S/C24H25NO6S/c1-4-31-24(28)22-16(19-6-5-9-32-19)11-17-21(23(22)27)15(12-20(26)25-17)14-10-13(29-2)7-8-18(14)30-3/h5-10,15-16,22H,4,11-12H2,1-3H3,(H,25,26)/t15-,16-,22+/m1/s1. The second kappa shape index (κ2) is 9.16. The number of benzene rings is 1. The van der Waals surface area contributed by atoms with Gasteiger partial charge in [-0.2, -0.15) is 0 Å². The number of carbonyl (C=O) groups excluding carboxylic acids is 3. The van der Waals surface area contributed by atoms with E-state index in [4.69, 9.17) is 14.2 Å². The highest BCUT2D eigenvalue weighted by molar-refractivity contribution is 7.10. The molecule has 4 rings (SSSR count). The summed E-state index contributed by atoms with van der Waals surface area (Å²) in [5, 5.41) is 4.81. The number of ether oxygens (including phenoxy) is 3. The van der Waals surface area contributed by atoms with Crippen molar-refractivity contribution < 1.29 is 28.6 Å². The molecule has 2 heterocycles. The Bertz CT molecular complexity index is 1070. The van der Waals surface area contributed by atoms with E-state index in [-0.39, 0.29) is 30.6 Å². The topological polar surface area (TPSA) is 90.9 Å². The van der Waals surface area contributed by atoms with Gasteiger partial charge in [-0.3, -0.25) is 14.4 Å². The molecule has 1 N–H and O–H groups in total. The predicted octanol–water partition coefficient (Wildman–Crippen LogP) is 3.56. The van der Waals surface area contributed by atoms with E-state index in [1.165, 1.54) is 11.3 Å². The Labute approximate surface area is 190 Å². The Balaban J connectivity index is 1.85. The lowest BCUT2D eigenvalue weighted by molar-refractivity contribution is -0.152. The van der Waals surface area contributed by atoms with Crippen molar-refractivity contribution in [1.82, 2.24) is 5.32 Å². The minimum atomic E-state index is -0.957. The van der Waals surface area contributed by atoms with Gasteiger partial charge in [0.15, 0.2) is 5.78 Å². The van der Waals surface area contributed by atoms with Crippen molar-refractivity contribution in [2.45, 2.75) is 31.6 Å². The van der Waals surface area contributed by atoms with Crippen LogP contribution in [0.15, 0.2) is 47.0 Å². The summed E-state index contributed by atoms with van der Waals surface area (Å²) in [5.74, 6) is -1.75. The third kappa shape index (κ3) is 3.90. The van der Waals surface area contributed by atoms with E-state index in [2.05, 4.69) is 5.32 Å². The van der Waals surface area contributed by atoms with Gasteiger partial charge in [0.05, 0.1) is 20.8 Å². The van der Waals surface area contributed by atoms with Crippen LogP contribution in [0.2, 0.25) is 0 Å². The molecule has 8 heteroatoms. The summed E-state index contributed by atoms with van der Waals surface area (Å²) in [6.45, 7) is 1.91. The Hall–Kier alpha value is -3.13. The van der Waals surface area contributed by atoms with E-state index < -0.39 is 17.8 Å². The highest BCUT2D eigenvalue weighted by atomic mass is 32.1. The largest absolute Gasteiger partial charge is 0.497 e. The molecule has 1 aromatic heterocycles. The summed E-state index contributed by atoms with van der Waals surface area (Å²) in [6, 6.07) is 9.10. The number of methoxy groups -OCH3 is 2. The number of thiophene rings is 1. The van der Waals surface area contributed by atoms with Crippen LogP contribution in [0.3, 0.4) is 0 Å². The van der Waals surface area contributed by atoms with E-state index in [1.54, 1.807) is 39.3 Å². The number of rotatable bonds is 6. The Kier molecular flexibility index (Phi) is 6.32. The fourth-order valence-corrected chi connectivity index (χ4v) is 5.47. The maximum atomic E-state index is 13.8. The lowest BCUT2D eigenvalue weighted by atomic mass is 9.69. The Morgan fingerprint density at radius 2 is 1.97 bits per heavy atom. The van der Waals surface area contributed by atoms with Crippen LogP contribution in [0.4, 0.5) is 0 Å². The molecular formula is C24H25NO6S. The van der Waals surface area contributed by atoms with Gasteiger partial charge in [0.25, 0.3) is 0 Å². The van der Waals surface area contributed by atoms with Crippen molar-refractivity contribution in [1.29, 1.82) is 0 Å². The van der Waals surface area contributed by atoms with E-state index in [9.17, 15) is 14.4 Å². The maximum absolute atomic E-state index is 13.8. The van der Waals surface area contributed by atoms with Crippen LogP contribution in [0, 0.1) is 5.92 Å². The summed E-state index contributed by atoms with van der Waals surface area (Å²) < 4.78 is 16.2. The molecule has 0 radical (unpaired) electrons. The number of amides is 1. The molecule has 0 spiro atoms. The first-order chi connectivity index (χ1) is 15.5. The van der Waals surface area contributed by atoms with Gasteiger partial charge in [-0.25, -0.2) is 0 Å². The van der Waals surface area contributed by atoms with Gasteiger partial charge in [-0.1, -0.05) is 6.07 Å². The first-order valence-corrected chi connectivity index (χ1v) is 11.4. The second-order valence-corrected chi connectivity index (χ2v) is 8.70. The summed E-state index contributed by atoms with van der Waals surface area (Å²) in [6.07, 6.45) is 0.451. The van der Waals surface area contributed by atoms with Gasteiger partial charge in [0, 0.05) is 40.0 Å². The molecule has 0 bridgehead atoms. The molecule has 0 fully saturated rings. The van der Waals surface area contributed by atoms with Crippen molar-refractivity contribution in [3.63, 3.8) is 0 Å². The van der Waals surface area contributed by atoms with Crippen molar-refractivity contribution in [2.24, 2.45) is 5.92 Å². The van der Waals surface area contributed by atoms with Crippen molar-refractivity contribution in [3.05, 3.63) is 57.4 Å². The normalized spacial score (nSPS) is 22.8. The van der Waals surface area contributed by atoms with Crippen LogP contribution in [0.25, 0.3) is 0 Å². The average Bonchev–Trinajstić information content (AvgIpc) is 3.32. The molecule has 0 saturated carbocycles. The molecule has 1 aromatic carbocycles. The SMILES string of the molecule is CCOC(=O)[C@@H]1C(=O)C2=C(C[C@@H]1c1cccs1)NC(=O)C[C@@H]2c1cc(OC)ccc1OC. The lowest BCUT2D eigenvalue weighted by Gasteiger charge is -2.37. The minimum absolute atomic E-state index is 0.0767. The fraction of sp³-hybridized carbons (Fsp3) is 0.375. The van der Waals surface area contributed by atoms with Gasteiger partial charge in [0.2, 0.25) is 5.91 Å². The zero-order chi connectivity index (χ0) is 22.8. The number of hydrogen-bond donors (Lipinski definition) is 1. The average molecular weight is 456 g/mol. The number of ketones is 1. The van der Waals surface area contributed by atoms with Crippen molar-refractivity contribution >= 4 is 29.0 Å². The van der Waals surface area contributed by atoms with E-state index in [0.717, 1.165) is 4.88 Å². The van der Waals surface area contributed by atoms with E-state index in [0.29, 0.717) is 34.8 Å². The summed E-state index contributed by atoms with van der Waals surface area (Å²) in [5.41, 5.74) is 1.70. The predicted molar refractivity (Wildman–Crippen MR) is 119 cm³/mol. The molecule has 0 saturated heterocycles. The van der Waals surface area contributed by atoms with Crippen molar-refractivity contribution in [3.8, 4) is 11.5 Å². The zero-order valence-corrected chi connectivity index (χ0v) is 19.0. The van der Waals surface area contributed by atoms with E-state index in [1.807, 2.05) is 17.5 Å². The first-order valence-electron chi connectivity index (χ1n) is 10.5. The zero-order valence-electron chi connectivity index (χ0n) is 18.2. The molecule has 2 aromatic rings. The van der Waals surface area contributed by atoms with Crippen LogP contribution >= 0.6 is 11.3 Å². The van der Waals surface area contributed by atoms with Gasteiger partial charge < -0.3 is 19.5 Å². The van der Waals surface area contributed by atoms with Crippen LogP contribution in [-0.4, -0.2) is 38.5 Å². The minimum Gasteiger partial charge on any atom is -0.497 e. The number of Topliss-reactive ketones (excluding diaryl/α,β-unsaturated/α-hetero) is 1. The second-order valence-electron chi connectivity index (χ2n) is 7.73. The molecule has 3 atom stereocenters. The van der Waals surface area contributed by atoms with Crippen molar-refractivity contribution in [2.75, 3.05) is 20.8 Å². The Morgan fingerprint density at radius 3 is 2.62 bits per heavy atom. The lowest BCUT2D eigenvalue weighted by Crippen LogP contribution is -2.44. The third-order valence-corrected chi connectivity index (χ3v) is 6.99. The van der Waals surface area contributed by atoms with Gasteiger partial charge in [-0.15, -0.1) is 11.3 Å². The smallest absolute Gasteiger partial charge is 0.317 e. The highest BCUT2D eigenvalue weighted by Crippen LogP contribution is 2.48. The van der Waals surface area contributed by atoms with Gasteiger partial charge in [-0.05, 0) is 43.0 Å². The number of esters is 1. The molecule has 1 amide bonds. The van der Waals surface area contributed by atoms with Crippen LogP contribution < -0.4 is 14.8 Å². The van der Waals surface area contributed by atoms with Gasteiger partial charge >= 0.3 is 5.97 Å². The summed E-state index contributed by atoms with van der Waals surface area (Å²) in [7, 11) is 3.10. The van der Waals surface area contributed by atoms with Crippen LogP contribution in [0.1, 0.15) is 42.0 Å². The number of allylic oxidation sites excluding steroid dienone is 2. The number of nitrogens with one attached hydrogen (secondary N) is 1. The highest BCUT2D eigenvalue weighted by Gasteiger charge is 2.48. The molecule has 0 unspecified atom stereocenters. The van der Waals surface area contributed by atoms with E-state index >= 15 is 0 Å². The molecule has 32 heavy (non-hydrogen) atoms. The number of hydrogen-bond acceptors (Lipinski definition) is 7. The molecular weight excluding hydrogens is 430 g/mol. The number of carbonyl (C=O) groups is 3. The molecule has 1 aliphatic carbocycles. The maximum Gasteiger partial charge on any atom is 0.317 e. The van der Waals surface area contributed by atoms with Gasteiger partial charge in [0.1, 0.15) is 17.4 Å². The summed E-state index contributed by atoms with van der Waals surface area (Å²) >= 11 is 1.49. The monoisotopic (exact) mass is 455 g/mol. The molecule has 7 nitrogen and oxygen atoms in total. The fourth-order valence-electron chi connectivity index (χ4n) is 4.60. The molecule has 168 valence electrons. The van der Waals surface area contributed by atoms with Crippen LogP contribution in [0.5, 0.6) is 11.5 Å².